The summed E-state index contributed by atoms with van der Waals surface area (Å²) in [6.45, 7) is 14.2. The number of pyridine rings is 1. The molecule has 2 saturated carbocycles. The average Bonchev–Trinajstić information content (AvgIpc) is 3.96. The van der Waals surface area contributed by atoms with Crippen molar-refractivity contribution < 1.29 is 37.1 Å². The first-order chi connectivity index (χ1) is 23.3. The van der Waals surface area contributed by atoms with Crippen LogP contribution in [-0.2, 0) is 29.1 Å². The number of benzene rings is 1. The summed E-state index contributed by atoms with van der Waals surface area (Å²) < 4.78 is 39.2. The van der Waals surface area contributed by atoms with Crippen molar-refractivity contribution in [2.75, 3.05) is 6.54 Å². The van der Waals surface area contributed by atoms with Gasteiger partial charge in [0.05, 0.1) is 17.5 Å². The smallest absolute Gasteiger partial charge is 0.408 e. The van der Waals surface area contributed by atoms with Gasteiger partial charge < -0.3 is 25.0 Å². The number of sulfonamides is 1. The van der Waals surface area contributed by atoms with Gasteiger partial charge in [-0.2, -0.15) is 0 Å². The zero-order valence-corrected chi connectivity index (χ0v) is 30.2. The van der Waals surface area contributed by atoms with E-state index < -0.39 is 79.7 Å². The first-order valence-corrected chi connectivity index (χ1v) is 18.4. The van der Waals surface area contributed by atoms with E-state index >= 15 is 0 Å². The lowest BCUT2D eigenvalue weighted by Gasteiger charge is -2.36. The van der Waals surface area contributed by atoms with Crippen molar-refractivity contribution in [2.45, 2.75) is 102 Å². The Hall–Kier alpha value is -4.46. The van der Waals surface area contributed by atoms with Gasteiger partial charge in [0.2, 0.25) is 21.8 Å². The molecular formula is C36H47N5O8S. The SMILES string of the molecule is C=C[C@@H]1C[C@]1(NC(=O)[C@@H]1C[C@@H](Oc2ccnc(-c3ccccc3)c2)CN1C(=O)[C@@H](NC(=O)OC(C)(C)C)C(C)(C)C)C(=O)NS(=O)(=O)C1CC1. The summed E-state index contributed by atoms with van der Waals surface area (Å²) in [4.78, 5) is 60.7. The summed E-state index contributed by atoms with van der Waals surface area (Å²) in [5, 5.41) is 4.85. The number of alkyl carbamates (subject to hydrolysis) is 1. The molecule has 13 nitrogen and oxygen atoms in total. The Labute approximate surface area is 293 Å². The molecule has 3 N–H and O–H groups in total. The summed E-state index contributed by atoms with van der Waals surface area (Å²) in [6, 6.07) is 10.8. The van der Waals surface area contributed by atoms with Crippen LogP contribution in [0.25, 0.3) is 11.3 Å². The Morgan fingerprint density at radius 2 is 1.74 bits per heavy atom. The van der Waals surface area contributed by atoms with E-state index in [0.717, 1.165) is 5.56 Å². The number of likely N-dealkylation sites (tertiary alicyclic amines) is 1. The number of nitrogens with zero attached hydrogens (tertiary/aromatic N) is 2. The molecule has 3 fully saturated rings. The van der Waals surface area contributed by atoms with Crippen LogP contribution in [0.3, 0.4) is 0 Å². The van der Waals surface area contributed by atoms with Crippen molar-refractivity contribution in [3.63, 3.8) is 0 Å². The Morgan fingerprint density at radius 3 is 2.32 bits per heavy atom. The van der Waals surface area contributed by atoms with Crippen LogP contribution in [0.2, 0.25) is 0 Å². The lowest BCUT2D eigenvalue weighted by molar-refractivity contribution is -0.143. The van der Waals surface area contributed by atoms with Crippen LogP contribution < -0.4 is 20.1 Å². The Balaban J connectivity index is 1.42. The van der Waals surface area contributed by atoms with Gasteiger partial charge in [-0.25, -0.2) is 13.2 Å². The third kappa shape index (κ3) is 8.45. The molecule has 2 aliphatic carbocycles. The topological polar surface area (TPSA) is 173 Å². The van der Waals surface area contributed by atoms with Gasteiger partial charge in [-0.05, 0) is 51.5 Å². The number of aromatic nitrogens is 1. The summed E-state index contributed by atoms with van der Waals surface area (Å²) in [5.41, 5.74) is -1.60. The third-order valence-corrected chi connectivity index (χ3v) is 10.8. The summed E-state index contributed by atoms with van der Waals surface area (Å²) >= 11 is 0. The van der Waals surface area contributed by atoms with Crippen molar-refractivity contribution in [1.29, 1.82) is 0 Å². The third-order valence-electron chi connectivity index (χ3n) is 8.98. The number of hydrogen-bond acceptors (Lipinski definition) is 9. The van der Waals surface area contributed by atoms with E-state index in [1.54, 1.807) is 59.9 Å². The van der Waals surface area contributed by atoms with Crippen LogP contribution in [0.4, 0.5) is 4.79 Å². The summed E-state index contributed by atoms with van der Waals surface area (Å²) in [7, 11) is -3.89. The number of hydrogen-bond donors (Lipinski definition) is 3. The standard InChI is InChI=1S/C36H47N5O8S/c1-8-23-20-36(23,32(44)40-50(46,47)26-14-15-26)39-30(42)28-19-25(48-24-16-17-37-27(18-24)22-12-10-9-11-13-22)21-41(28)31(43)29(34(2,3)4)38-33(45)49-35(5,6)7/h8-13,16-18,23,25-26,28-29H,1,14-15,19-21H2,2-7H3,(H,38,45)(H,39,42)(H,40,44)/t23-,25-,28+,29-,36-/m1/s1. The highest BCUT2D eigenvalue weighted by molar-refractivity contribution is 7.91. The monoisotopic (exact) mass is 709 g/mol. The fourth-order valence-corrected chi connectivity index (χ4v) is 7.44. The molecule has 1 saturated heterocycles. The lowest BCUT2D eigenvalue weighted by Crippen LogP contribution is -2.60. The maximum absolute atomic E-state index is 14.4. The zero-order chi connectivity index (χ0) is 36.6. The van der Waals surface area contributed by atoms with Crippen LogP contribution in [0.1, 0.15) is 67.2 Å². The molecule has 2 aromatic rings. The van der Waals surface area contributed by atoms with Gasteiger partial charge in [-0.1, -0.05) is 57.2 Å². The van der Waals surface area contributed by atoms with Gasteiger partial charge in [-0.15, -0.1) is 6.58 Å². The first kappa shape index (κ1) is 36.8. The predicted octanol–water partition coefficient (Wildman–Crippen LogP) is 3.71. The highest BCUT2D eigenvalue weighted by atomic mass is 32.2. The molecule has 3 aliphatic rings. The van der Waals surface area contributed by atoms with Crippen LogP contribution in [-0.4, -0.2) is 83.2 Å². The van der Waals surface area contributed by atoms with Gasteiger partial charge in [0.15, 0.2) is 0 Å². The van der Waals surface area contributed by atoms with Crippen LogP contribution in [0.5, 0.6) is 5.75 Å². The second-order valence-electron chi connectivity index (χ2n) is 15.4. The second kappa shape index (κ2) is 13.7. The Bertz CT molecular complexity index is 1750. The number of nitrogens with one attached hydrogen (secondary N) is 3. The Kier molecular flexibility index (Phi) is 10.1. The minimum atomic E-state index is -3.89. The quantitative estimate of drug-likeness (QED) is 0.294. The lowest BCUT2D eigenvalue weighted by atomic mass is 9.85. The van der Waals surface area contributed by atoms with E-state index in [4.69, 9.17) is 9.47 Å². The van der Waals surface area contributed by atoms with E-state index in [0.29, 0.717) is 24.3 Å². The number of amides is 4. The highest BCUT2D eigenvalue weighted by Gasteiger charge is 2.62. The van der Waals surface area contributed by atoms with E-state index in [1.165, 1.54) is 11.0 Å². The maximum atomic E-state index is 14.4. The number of rotatable bonds is 11. The molecule has 0 unspecified atom stereocenters. The second-order valence-corrected chi connectivity index (χ2v) is 17.3. The number of carbonyl (C=O) groups excluding carboxylic acids is 4. The minimum absolute atomic E-state index is 0.0113. The van der Waals surface area contributed by atoms with E-state index in [-0.39, 0.29) is 19.4 Å². The molecule has 5 rings (SSSR count). The van der Waals surface area contributed by atoms with Crippen molar-refractivity contribution in [3.8, 4) is 17.0 Å². The van der Waals surface area contributed by atoms with Gasteiger partial charge in [0, 0.05) is 30.2 Å². The van der Waals surface area contributed by atoms with Crippen molar-refractivity contribution in [2.24, 2.45) is 11.3 Å². The molecular weight excluding hydrogens is 662 g/mol. The largest absolute Gasteiger partial charge is 0.488 e. The van der Waals surface area contributed by atoms with Gasteiger partial charge in [0.1, 0.15) is 35.1 Å². The molecule has 4 amide bonds. The van der Waals surface area contributed by atoms with Crippen molar-refractivity contribution in [1.82, 2.24) is 25.2 Å². The van der Waals surface area contributed by atoms with E-state index in [2.05, 4.69) is 26.9 Å². The average molecular weight is 710 g/mol. The fourth-order valence-electron chi connectivity index (χ4n) is 6.08. The van der Waals surface area contributed by atoms with Gasteiger partial charge in [0.25, 0.3) is 5.91 Å². The molecule has 1 aromatic carbocycles. The molecule has 1 aliphatic heterocycles. The van der Waals surface area contributed by atoms with Crippen LogP contribution in [0, 0.1) is 11.3 Å². The van der Waals surface area contributed by atoms with Gasteiger partial charge in [-0.3, -0.25) is 24.1 Å². The zero-order valence-electron chi connectivity index (χ0n) is 29.4. The normalized spacial score (nSPS) is 24.0. The Morgan fingerprint density at radius 1 is 1.06 bits per heavy atom. The van der Waals surface area contributed by atoms with E-state index in [1.807, 2.05) is 30.3 Å². The molecule has 5 atom stereocenters. The van der Waals surface area contributed by atoms with Crippen LogP contribution in [0.15, 0.2) is 61.3 Å². The number of ether oxygens (including phenoxy) is 2. The van der Waals surface area contributed by atoms with E-state index in [9.17, 15) is 27.6 Å². The molecule has 1 aromatic heterocycles. The molecule has 14 heteroatoms. The number of carbonyl (C=O) groups is 4. The van der Waals surface area contributed by atoms with Crippen molar-refractivity contribution in [3.05, 3.63) is 61.3 Å². The molecule has 50 heavy (non-hydrogen) atoms. The summed E-state index contributed by atoms with van der Waals surface area (Å²) in [5.74, 6) is -2.07. The fraction of sp³-hybridized carbons (Fsp3) is 0.528. The maximum Gasteiger partial charge on any atom is 0.408 e. The predicted molar refractivity (Wildman–Crippen MR) is 186 cm³/mol. The van der Waals surface area contributed by atoms with Crippen LogP contribution >= 0.6 is 0 Å². The molecule has 0 spiro atoms. The minimum Gasteiger partial charge on any atom is -0.488 e. The molecule has 2 heterocycles. The molecule has 270 valence electrons. The van der Waals surface area contributed by atoms with Gasteiger partial charge >= 0.3 is 6.09 Å². The van der Waals surface area contributed by atoms with Crippen molar-refractivity contribution >= 4 is 33.8 Å². The highest BCUT2D eigenvalue weighted by Crippen LogP contribution is 2.45. The summed E-state index contributed by atoms with van der Waals surface area (Å²) in [6.07, 6.45) is 2.80. The molecule has 0 bridgehead atoms. The molecule has 0 radical (unpaired) electrons. The first-order valence-electron chi connectivity index (χ1n) is 16.8.